The van der Waals surface area contributed by atoms with Gasteiger partial charge in [0.2, 0.25) is 5.91 Å². The Morgan fingerprint density at radius 1 is 1.35 bits per heavy atom. The number of halogens is 1. The maximum Gasteiger partial charge on any atom is 0.244 e. The molecule has 1 fully saturated rings. The van der Waals surface area contributed by atoms with Gasteiger partial charge in [0.15, 0.2) is 0 Å². The van der Waals surface area contributed by atoms with Crippen molar-refractivity contribution in [2.24, 2.45) is 0 Å². The normalized spacial score (nSPS) is 23.4. The molecule has 2 rings (SSSR count). The molecule has 0 spiro atoms. The zero-order chi connectivity index (χ0) is 14.5. The van der Waals surface area contributed by atoms with Crippen LogP contribution < -0.4 is 5.32 Å². The van der Waals surface area contributed by atoms with E-state index in [9.17, 15) is 14.3 Å². The van der Waals surface area contributed by atoms with Crippen LogP contribution in [0.25, 0.3) is 5.57 Å². The molecule has 3 nitrogen and oxygen atoms in total. The molecule has 1 aromatic rings. The minimum absolute atomic E-state index is 0.194. The fourth-order valence-corrected chi connectivity index (χ4v) is 2.56. The molecule has 108 valence electrons. The average molecular weight is 277 g/mol. The molecular formula is C16H20FNO2. The molecule has 2 N–H and O–H groups in total. The molecule has 1 saturated carbocycles. The predicted octanol–water partition coefficient (Wildman–Crippen LogP) is 2.65. The molecule has 1 aliphatic carbocycles. The number of nitrogens with one attached hydrogen (secondary N) is 1. The van der Waals surface area contributed by atoms with Gasteiger partial charge in [-0.1, -0.05) is 31.0 Å². The number of amides is 1. The largest absolute Gasteiger partial charge is 0.391 e. The first-order valence-electron chi connectivity index (χ1n) is 6.99. The lowest BCUT2D eigenvalue weighted by atomic mass is 9.92. The van der Waals surface area contributed by atoms with Gasteiger partial charge in [0.05, 0.1) is 12.1 Å². The molecule has 0 heterocycles. The van der Waals surface area contributed by atoms with Gasteiger partial charge in [0.1, 0.15) is 5.82 Å². The highest BCUT2D eigenvalue weighted by atomic mass is 19.1. The third-order valence-corrected chi connectivity index (χ3v) is 3.70. The fraction of sp³-hybridized carbons (Fsp3) is 0.438. The number of allylic oxidation sites excluding steroid dienone is 1. The average Bonchev–Trinajstić information content (AvgIpc) is 2.41. The summed E-state index contributed by atoms with van der Waals surface area (Å²) >= 11 is 0. The van der Waals surface area contributed by atoms with Gasteiger partial charge in [0, 0.05) is 11.6 Å². The van der Waals surface area contributed by atoms with Crippen LogP contribution in [0.4, 0.5) is 4.39 Å². The standard InChI is InChI=1S/C16H20FNO2/c1-11(12-6-2-3-7-13(12)17)10-16(20)18-14-8-4-5-9-15(14)19/h2-3,6-7,10,14-15,19H,4-5,8-9H2,1H3,(H,18,20)/b11-10-. The number of rotatable bonds is 3. The van der Waals surface area contributed by atoms with Crippen molar-refractivity contribution >= 4 is 11.5 Å². The second-order valence-electron chi connectivity index (χ2n) is 5.27. The first-order chi connectivity index (χ1) is 9.58. The molecule has 4 heteroatoms. The number of aliphatic hydroxyl groups excluding tert-OH is 1. The monoisotopic (exact) mass is 277 g/mol. The van der Waals surface area contributed by atoms with Gasteiger partial charge >= 0.3 is 0 Å². The summed E-state index contributed by atoms with van der Waals surface area (Å²) in [6.45, 7) is 1.70. The van der Waals surface area contributed by atoms with Crippen LogP contribution in [0.15, 0.2) is 30.3 Å². The summed E-state index contributed by atoms with van der Waals surface area (Å²) in [4.78, 5) is 11.9. The van der Waals surface area contributed by atoms with E-state index in [0.717, 1.165) is 25.7 Å². The Labute approximate surface area is 118 Å². The van der Waals surface area contributed by atoms with Crippen molar-refractivity contribution < 1.29 is 14.3 Å². The summed E-state index contributed by atoms with van der Waals surface area (Å²) in [6.07, 6.45) is 4.44. The van der Waals surface area contributed by atoms with E-state index in [-0.39, 0.29) is 17.8 Å². The molecule has 0 aliphatic heterocycles. The fourth-order valence-electron chi connectivity index (χ4n) is 2.56. The topological polar surface area (TPSA) is 49.3 Å². The molecule has 1 aromatic carbocycles. The molecular weight excluding hydrogens is 257 g/mol. The van der Waals surface area contributed by atoms with Gasteiger partial charge in [-0.15, -0.1) is 0 Å². The summed E-state index contributed by atoms with van der Waals surface area (Å²) in [7, 11) is 0. The van der Waals surface area contributed by atoms with Crippen LogP contribution in [0.3, 0.4) is 0 Å². The van der Waals surface area contributed by atoms with Crippen LogP contribution in [0.5, 0.6) is 0 Å². The van der Waals surface area contributed by atoms with Crippen molar-refractivity contribution in [2.45, 2.75) is 44.8 Å². The van der Waals surface area contributed by atoms with E-state index in [1.807, 2.05) is 0 Å². The molecule has 0 radical (unpaired) electrons. The summed E-state index contributed by atoms with van der Waals surface area (Å²) in [5.74, 6) is -0.622. The number of hydrogen-bond acceptors (Lipinski definition) is 2. The lowest BCUT2D eigenvalue weighted by Crippen LogP contribution is -2.44. The third-order valence-electron chi connectivity index (χ3n) is 3.70. The predicted molar refractivity (Wildman–Crippen MR) is 76.5 cm³/mol. The van der Waals surface area contributed by atoms with Crippen molar-refractivity contribution in [3.05, 3.63) is 41.7 Å². The third kappa shape index (κ3) is 3.67. The molecule has 0 aromatic heterocycles. The first-order valence-corrected chi connectivity index (χ1v) is 6.99. The molecule has 0 bridgehead atoms. The van der Waals surface area contributed by atoms with Gasteiger partial charge in [-0.25, -0.2) is 4.39 Å². The maximum atomic E-state index is 13.6. The lowest BCUT2D eigenvalue weighted by molar-refractivity contribution is -0.118. The minimum Gasteiger partial charge on any atom is -0.391 e. The molecule has 1 amide bonds. The van der Waals surface area contributed by atoms with Crippen molar-refractivity contribution in [1.82, 2.24) is 5.32 Å². The van der Waals surface area contributed by atoms with Crippen molar-refractivity contribution in [2.75, 3.05) is 0 Å². The van der Waals surface area contributed by atoms with E-state index < -0.39 is 6.10 Å². The zero-order valence-corrected chi connectivity index (χ0v) is 11.6. The number of carbonyl (C=O) groups is 1. The van der Waals surface area contributed by atoms with Crippen molar-refractivity contribution in [1.29, 1.82) is 0 Å². The highest BCUT2D eigenvalue weighted by molar-refractivity contribution is 5.95. The second-order valence-corrected chi connectivity index (χ2v) is 5.27. The van der Waals surface area contributed by atoms with E-state index in [2.05, 4.69) is 5.32 Å². The van der Waals surface area contributed by atoms with Crippen LogP contribution >= 0.6 is 0 Å². The first kappa shape index (κ1) is 14.7. The Kier molecular flexibility index (Phi) is 4.90. The maximum absolute atomic E-state index is 13.6. The molecule has 2 unspecified atom stereocenters. The summed E-state index contributed by atoms with van der Waals surface area (Å²) in [5.41, 5.74) is 0.998. The molecule has 20 heavy (non-hydrogen) atoms. The van der Waals surface area contributed by atoms with E-state index in [0.29, 0.717) is 11.1 Å². The van der Waals surface area contributed by atoms with E-state index in [4.69, 9.17) is 0 Å². The van der Waals surface area contributed by atoms with Crippen LogP contribution in [0, 0.1) is 5.82 Å². The van der Waals surface area contributed by atoms with Crippen LogP contribution in [-0.4, -0.2) is 23.2 Å². The molecule has 1 aliphatic rings. The van der Waals surface area contributed by atoms with Gasteiger partial charge < -0.3 is 10.4 Å². The van der Waals surface area contributed by atoms with Crippen LogP contribution in [-0.2, 0) is 4.79 Å². The smallest absolute Gasteiger partial charge is 0.244 e. The van der Waals surface area contributed by atoms with E-state index in [1.54, 1.807) is 25.1 Å². The number of benzene rings is 1. The summed E-state index contributed by atoms with van der Waals surface area (Å²) in [6, 6.07) is 6.17. The Morgan fingerprint density at radius 3 is 2.75 bits per heavy atom. The van der Waals surface area contributed by atoms with Crippen LogP contribution in [0.1, 0.15) is 38.2 Å². The van der Waals surface area contributed by atoms with Crippen molar-refractivity contribution in [3.8, 4) is 0 Å². The number of hydrogen-bond donors (Lipinski definition) is 2. The quantitative estimate of drug-likeness (QED) is 0.834. The minimum atomic E-state index is -0.477. The highest BCUT2D eigenvalue weighted by Crippen LogP contribution is 2.19. The lowest BCUT2D eigenvalue weighted by Gasteiger charge is -2.27. The number of carbonyl (C=O) groups excluding carboxylic acids is 1. The van der Waals surface area contributed by atoms with Gasteiger partial charge in [-0.05, 0) is 31.4 Å². The Bertz CT molecular complexity index is 513. The van der Waals surface area contributed by atoms with E-state index >= 15 is 0 Å². The Morgan fingerprint density at radius 2 is 2.05 bits per heavy atom. The SMILES string of the molecule is C/C(=C/C(=O)NC1CCCCC1O)c1ccccc1F. The zero-order valence-electron chi connectivity index (χ0n) is 11.6. The van der Waals surface area contributed by atoms with Crippen molar-refractivity contribution in [3.63, 3.8) is 0 Å². The summed E-state index contributed by atoms with van der Waals surface area (Å²) < 4.78 is 13.6. The number of aliphatic hydroxyl groups is 1. The summed E-state index contributed by atoms with van der Waals surface area (Å²) in [5, 5.41) is 12.6. The van der Waals surface area contributed by atoms with Gasteiger partial charge in [-0.2, -0.15) is 0 Å². The molecule has 2 atom stereocenters. The Balaban J connectivity index is 2.03. The van der Waals surface area contributed by atoms with Gasteiger partial charge in [-0.3, -0.25) is 4.79 Å². The van der Waals surface area contributed by atoms with Crippen LogP contribution in [0.2, 0.25) is 0 Å². The Hall–Kier alpha value is -1.68. The second kappa shape index (κ2) is 6.66. The van der Waals surface area contributed by atoms with E-state index in [1.165, 1.54) is 12.1 Å². The van der Waals surface area contributed by atoms with Gasteiger partial charge in [0.25, 0.3) is 0 Å². The molecule has 0 saturated heterocycles. The highest BCUT2D eigenvalue weighted by Gasteiger charge is 2.23.